The molecule has 0 aromatic carbocycles. The van der Waals surface area contributed by atoms with Gasteiger partial charge in [-0.2, -0.15) is 0 Å². The van der Waals surface area contributed by atoms with Crippen molar-refractivity contribution in [1.29, 1.82) is 0 Å². The van der Waals surface area contributed by atoms with Crippen LogP contribution in [0.15, 0.2) is 12.3 Å². The van der Waals surface area contributed by atoms with Gasteiger partial charge < -0.3 is 14.8 Å². The molecule has 0 saturated heterocycles. The molecule has 0 bridgehead atoms. The molecule has 1 heterocycles. The number of ether oxygens (including phenoxy) is 2. The van der Waals surface area contributed by atoms with E-state index in [1.807, 2.05) is 19.9 Å². The van der Waals surface area contributed by atoms with Gasteiger partial charge in [0.2, 0.25) is 0 Å². The summed E-state index contributed by atoms with van der Waals surface area (Å²) in [5, 5.41) is 3.34. The lowest BCUT2D eigenvalue weighted by Gasteiger charge is -2.26. The molecule has 0 aliphatic heterocycles. The van der Waals surface area contributed by atoms with Crippen molar-refractivity contribution >= 4 is 5.69 Å². The molecule has 0 aliphatic carbocycles. The van der Waals surface area contributed by atoms with Gasteiger partial charge in [0.15, 0.2) is 5.75 Å². The van der Waals surface area contributed by atoms with Crippen molar-refractivity contribution < 1.29 is 9.47 Å². The van der Waals surface area contributed by atoms with Crippen molar-refractivity contribution in [2.75, 3.05) is 25.6 Å². The fourth-order valence-corrected chi connectivity index (χ4v) is 1.60. The summed E-state index contributed by atoms with van der Waals surface area (Å²) in [6, 6.07) is 1.97. The Kier molecular flexibility index (Phi) is 4.75. The molecule has 96 valence electrons. The van der Waals surface area contributed by atoms with Gasteiger partial charge in [0, 0.05) is 18.8 Å². The number of pyridine rings is 1. The highest BCUT2D eigenvalue weighted by molar-refractivity contribution is 5.56. The normalized spacial score (nSPS) is 11.4. The maximum Gasteiger partial charge on any atom is 0.160 e. The van der Waals surface area contributed by atoms with Gasteiger partial charge >= 0.3 is 0 Å². The van der Waals surface area contributed by atoms with Crippen LogP contribution in [0.3, 0.4) is 0 Å². The highest BCUT2D eigenvalue weighted by Crippen LogP contribution is 2.24. The second-order valence-corrected chi connectivity index (χ2v) is 4.57. The molecule has 1 aromatic heterocycles. The molecule has 0 spiro atoms. The first-order valence-electron chi connectivity index (χ1n) is 5.87. The van der Waals surface area contributed by atoms with Crippen molar-refractivity contribution in [3.8, 4) is 5.75 Å². The zero-order chi connectivity index (χ0) is 12.9. The Morgan fingerprint density at radius 1 is 1.41 bits per heavy atom. The van der Waals surface area contributed by atoms with E-state index in [4.69, 9.17) is 9.47 Å². The molecule has 0 amide bonds. The van der Waals surface area contributed by atoms with Crippen LogP contribution in [0.5, 0.6) is 5.75 Å². The van der Waals surface area contributed by atoms with Crippen molar-refractivity contribution in [2.45, 2.75) is 33.3 Å². The van der Waals surface area contributed by atoms with Crippen LogP contribution >= 0.6 is 0 Å². The first kappa shape index (κ1) is 13.8. The Morgan fingerprint density at radius 2 is 2.12 bits per heavy atom. The maximum absolute atomic E-state index is 5.64. The number of rotatable bonds is 6. The van der Waals surface area contributed by atoms with Gasteiger partial charge in [-0.1, -0.05) is 0 Å². The molecule has 0 aliphatic rings. The minimum atomic E-state index is -0.197. The van der Waals surface area contributed by atoms with Crippen LogP contribution in [0.4, 0.5) is 5.69 Å². The lowest BCUT2D eigenvalue weighted by atomic mass is 10.1. The Bertz CT molecular complexity index is 364. The van der Waals surface area contributed by atoms with Gasteiger partial charge in [-0.25, -0.2) is 0 Å². The van der Waals surface area contributed by atoms with Crippen LogP contribution in [-0.2, 0) is 4.74 Å². The second-order valence-electron chi connectivity index (χ2n) is 4.57. The predicted octanol–water partition coefficient (Wildman–Crippen LogP) is 2.63. The average molecular weight is 238 g/mol. The molecule has 0 radical (unpaired) electrons. The number of methoxy groups -OCH3 is 1. The summed E-state index contributed by atoms with van der Waals surface area (Å²) in [5.74, 6) is 0.753. The van der Waals surface area contributed by atoms with E-state index >= 15 is 0 Å². The van der Waals surface area contributed by atoms with E-state index in [1.165, 1.54) is 0 Å². The fraction of sp³-hybridized carbons (Fsp3) is 0.615. The topological polar surface area (TPSA) is 43.4 Å². The van der Waals surface area contributed by atoms with Crippen molar-refractivity contribution in [3.63, 3.8) is 0 Å². The minimum Gasteiger partial charge on any atom is -0.493 e. The number of nitrogens with zero attached hydrogens (tertiary/aromatic N) is 1. The molecular weight excluding hydrogens is 216 g/mol. The quantitative estimate of drug-likeness (QED) is 0.827. The Morgan fingerprint density at radius 3 is 2.71 bits per heavy atom. The lowest BCUT2D eigenvalue weighted by molar-refractivity contribution is 0.000674. The van der Waals surface area contributed by atoms with Crippen molar-refractivity contribution in [2.24, 2.45) is 0 Å². The summed E-state index contributed by atoms with van der Waals surface area (Å²) in [7, 11) is 1.64. The highest BCUT2D eigenvalue weighted by atomic mass is 16.5. The van der Waals surface area contributed by atoms with Crippen molar-refractivity contribution in [3.05, 3.63) is 18.0 Å². The van der Waals surface area contributed by atoms with E-state index in [2.05, 4.69) is 24.1 Å². The summed E-state index contributed by atoms with van der Waals surface area (Å²) in [5.41, 5.74) is 1.71. The molecule has 1 N–H and O–H groups in total. The van der Waals surface area contributed by atoms with Crippen LogP contribution in [0, 0.1) is 6.92 Å². The minimum absolute atomic E-state index is 0.197. The van der Waals surface area contributed by atoms with E-state index in [0.29, 0.717) is 6.61 Å². The number of hydrogen-bond donors (Lipinski definition) is 1. The van der Waals surface area contributed by atoms with E-state index in [9.17, 15) is 0 Å². The SMILES string of the molecule is CCOC(C)(C)CNc1cc(C)ncc1OC. The zero-order valence-electron chi connectivity index (χ0n) is 11.3. The van der Waals surface area contributed by atoms with Crippen LogP contribution < -0.4 is 10.1 Å². The third kappa shape index (κ3) is 4.23. The summed E-state index contributed by atoms with van der Waals surface area (Å²) in [6.45, 7) is 9.51. The van der Waals surface area contributed by atoms with Crippen LogP contribution in [0.25, 0.3) is 0 Å². The summed E-state index contributed by atoms with van der Waals surface area (Å²) in [4.78, 5) is 4.20. The van der Waals surface area contributed by atoms with Gasteiger partial charge in [0.25, 0.3) is 0 Å². The van der Waals surface area contributed by atoms with E-state index in [1.54, 1.807) is 13.3 Å². The van der Waals surface area contributed by atoms with Crippen LogP contribution in [-0.4, -0.2) is 30.8 Å². The Balaban J connectivity index is 2.71. The molecule has 4 heteroatoms. The lowest BCUT2D eigenvalue weighted by Crippen LogP contribution is -2.33. The molecular formula is C13H22N2O2. The summed E-state index contributed by atoms with van der Waals surface area (Å²) >= 11 is 0. The van der Waals surface area contributed by atoms with E-state index < -0.39 is 0 Å². The highest BCUT2D eigenvalue weighted by Gasteiger charge is 2.18. The van der Waals surface area contributed by atoms with Gasteiger partial charge in [-0.05, 0) is 33.8 Å². The average Bonchev–Trinajstić information content (AvgIpc) is 2.27. The van der Waals surface area contributed by atoms with Crippen LogP contribution in [0.2, 0.25) is 0 Å². The van der Waals surface area contributed by atoms with Gasteiger partial charge in [0.05, 0.1) is 24.6 Å². The van der Waals surface area contributed by atoms with Crippen LogP contribution in [0.1, 0.15) is 26.5 Å². The van der Waals surface area contributed by atoms with Gasteiger partial charge in [-0.3, -0.25) is 4.98 Å². The monoisotopic (exact) mass is 238 g/mol. The summed E-state index contributed by atoms with van der Waals surface area (Å²) in [6.07, 6.45) is 1.73. The molecule has 1 aromatic rings. The van der Waals surface area contributed by atoms with Crippen molar-refractivity contribution in [1.82, 2.24) is 4.98 Å². The number of aromatic nitrogens is 1. The molecule has 0 saturated carbocycles. The Labute approximate surface area is 103 Å². The molecule has 4 nitrogen and oxygen atoms in total. The van der Waals surface area contributed by atoms with Gasteiger partial charge in [0.1, 0.15) is 0 Å². The second kappa shape index (κ2) is 5.87. The largest absolute Gasteiger partial charge is 0.493 e. The smallest absolute Gasteiger partial charge is 0.160 e. The maximum atomic E-state index is 5.64. The van der Waals surface area contributed by atoms with E-state index in [0.717, 1.165) is 23.7 Å². The summed E-state index contributed by atoms with van der Waals surface area (Å²) < 4.78 is 10.9. The van der Waals surface area contributed by atoms with E-state index in [-0.39, 0.29) is 5.60 Å². The number of hydrogen-bond acceptors (Lipinski definition) is 4. The molecule has 0 fully saturated rings. The number of aryl methyl sites for hydroxylation is 1. The number of anilines is 1. The molecule has 17 heavy (non-hydrogen) atoms. The first-order valence-corrected chi connectivity index (χ1v) is 5.87. The standard InChI is InChI=1S/C13H22N2O2/c1-6-17-13(3,4)9-15-11-7-10(2)14-8-12(11)16-5/h7-8H,6,9H2,1-5H3,(H,14,15). The third-order valence-electron chi connectivity index (χ3n) is 2.46. The Hall–Kier alpha value is -1.29. The van der Waals surface area contributed by atoms with Gasteiger partial charge in [-0.15, -0.1) is 0 Å². The first-order chi connectivity index (χ1) is 7.98. The number of nitrogens with one attached hydrogen (secondary N) is 1. The third-order valence-corrected chi connectivity index (χ3v) is 2.46. The predicted molar refractivity (Wildman–Crippen MR) is 69.7 cm³/mol. The fourth-order valence-electron chi connectivity index (χ4n) is 1.60. The molecule has 1 rings (SSSR count). The zero-order valence-corrected chi connectivity index (χ0v) is 11.3. The molecule has 0 unspecified atom stereocenters. The molecule has 0 atom stereocenters.